The highest BCUT2D eigenvalue weighted by molar-refractivity contribution is 7.80. The molecule has 1 aromatic heterocycles. The summed E-state index contributed by atoms with van der Waals surface area (Å²) in [5.41, 5.74) is 1.97. The number of thiophene rings is 1. The number of hydrogen-bond acceptors (Lipinski definition) is 4. The van der Waals surface area contributed by atoms with E-state index in [-0.39, 0.29) is 0 Å². The maximum Gasteiger partial charge on any atom is 0.337 e. The van der Waals surface area contributed by atoms with Gasteiger partial charge in [0, 0.05) is 5.56 Å². The van der Waals surface area contributed by atoms with Gasteiger partial charge in [-0.2, -0.15) is 0 Å². The second-order valence-electron chi connectivity index (χ2n) is 3.59. The van der Waals surface area contributed by atoms with Crippen molar-refractivity contribution in [3.63, 3.8) is 0 Å². The Morgan fingerprint density at radius 3 is 2.89 bits per heavy atom. The Labute approximate surface area is 116 Å². The van der Waals surface area contributed by atoms with Crippen molar-refractivity contribution in [3.8, 4) is 11.1 Å². The van der Waals surface area contributed by atoms with E-state index in [0.29, 0.717) is 10.6 Å². The van der Waals surface area contributed by atoms with Gasteiger partial charge in [-0.3, -0.25) is 9.27 Å². The first-order chi connectivity index (χ1) is 9.11. The summed E-state index contributed by atoms with van der Waals surface area (Å²) in [6, 6.07) is 8.70. The van der Waals surface area contributed by atoms with Crippen LogP contribution in [0.2, 0.25) is 0 Å². The Hall–Kier alpha value is -1.70. The first-order valence-electron chi connectivity index (χ1n) is 5.25. The summed E-state index contributed by atoms with van der Waals surface area (Å²) in [5, 5.41) is 2.37. The van der Waals surface area contributed by atoms with E-state index in [1.165, 1.54) is 18.4 Å². The minimum absolute atomic E-state index is 0.419. The quantitative estimate of drug-likeness (QED) is 0.672. The van der Waals surface area contributed by atoms with Crippen molar-refractivity contribution in [1.82, 2.24) is 0 Å². The number of benzene rings is 1. The van der Waals surface area contributed by atoms with E-state index >= 15 is 0 Å². The molecule has 0 aliphatic carbocycles. The molecule has 0 spiro atoms. The maximum atomic E-state index is 11.5. The van der Waals surface area contributed by atoms with Gasteiger partial charge in [-0.1, -0.05) is 12.1 Å². The van der Waals surface area contributed by atoms with Crippen LogP contribution < -0.4 is 4.72 Å². The third kappa shape index (κ3) is 3.19. The molecule has 1 atom stereocenters. The molecule has 0 aliphatic rings. The Morgan fingerprint density at radius 1 is 1.42 bits per heavy atom. The van der Waals surface area contributed by atoms with Gasteiger partial charge in [0.05, 0.1) is 12.7 Å². The summed E-state index contributed by atoms with van der Waals surface area (Å²) in [6.45, 7) is 0. The van der Waals surface area contributed by atoms with Crippen LogP contribution in [0.4, 0.5) is 5.00 Å². The average Bonchev–Trinajstić information content (AvgIpc) is 2.85. The fourth-order valence-electron chi connectivity index (χ4n) is 1.63. The Kier molecular flexibility index (Phi) is 4.31. The topological polar surface area (TPSA) is 75.6 Å². The van der Waals surface area contributed by atoms with E-state index in [4.69, 9.17) is 4.55 Å². The SMILES string of the molecule is COC(=O)c1cccc(-c2ccsc2NS(=O)O)c1. The number of ether oxygens (including phenoxy) is 1. The summed E-state index contributed by atoms with van der Waals surface area (Å²) in [5.74, 6) is -0.419. The Balaban J connectivity index is 2.39. The van der Waals surface area contributed by atoms with E-state index in [1.807, 2.05) is 12.1 Å². The fraction of sp³-hybridized carbons (Fsp3) is 0.0833. The first kappa shape index (κ1) is 13.7. The molecule has 7 heteroatoms. The average molecular weight is 297 g/mol. The second kappa shape index (κ2) is 5.96. The number of hydrogen-bond donors (Lipinski definition) is 2. The molecule has 2 aromatic rings. The van der Waals surface area contributed by atoms with Gasteiger partial charge in [-0.05, 0) is 29.1 Å². The third-order valence-electron chi connectivity index (χ3n) is 2.44. The van der Waals surface area contributed by atoms with Crippen LogP contribution in [0.15, 0.2) is 35.7 Å². The zero-order valence-corrected chi connectivity index (χ0v) is 11.6. The Morgan fingerprint density at radius 2 is 2.21 bits per heavy atom. The molecule has 5 nitrogen and oxygen atoms in total. The number of nitrogens with one attached hydrogen (secondary N) is 1. The van der Waals surface area contributed by atoms with Crippen molar-refractivity contribution in [2.45, 2.75) is 0 Å². The van der Waals surface area contributed by atoms with Crippen LogP contribution >= 0.6 is 11.3 Å². The molecular weight excluding hydrogens is 286 g/mol. The lowest BCUT2D eigenvalue weighted by molar-refractivity contribution is 0.0601. The molecule has 100 valence electrons. The summed E-state index contributed by atoms with van der Waals surface area (Å²) in [6.07, 6.45) is 0. The molecule has 1 heterocycles. The lowest BCUT2D eigenvalue weighted by Gasteiger charge is -2.05. The molecular formula is C12H11NO4S2. The maximum absolute atomic E-state index is 11.5. The normalized spacial score (nSPS) is 11.9. The highest BCUT2D eigenvalue weighted by atomic mass is 32.2. The molecule has 0 saturated heterocycles. The van der Waals surface area contributed by atoms with Gasteiger partial charge >= 0.3 is 5.97 Å². The van der Waals surface area contributed by atoms with Crippen LogP contribution in [0.1, 0.15) is 10.4 Å². The first-order valence-corrected chi connectivity index (χ1v) is 7.24. The van der Waals surface area contributed by atoms with E-state index in [9.17, 15) is 9.00 Å². The largest absolute Gasteiger partial charge is 0.465 e. The van der Waals surface area contributed by atoms with E-state index < -0.39 is 17.2 Å². The smallest absolute Gasteiger partial charge is 0.337 e. The van der Waals surface area contributed by atoms with Crippen molar-refractivity contribution in [3.05, 3.63) is 41.3 Å². The highest BCUT2D eigenvalue weighted by Crippen LogP contribution is 2.33. The standard InChI is InChI=1S/C12H11NO4S2/c1-17-12(14)9-4-2-3-8(7-9)10-5-6-18-11(10)13-19(15)16/h2-7,13H,1H3,(H,15,16). The zero-order chi connectivity index (χ0) is 13.8. The van der Waals surface area contributed by atoms with E-state index in [1.54, 1.807) is 23.6 Å². The van der Waals surface area contributed by atoms with Crippen molar-refractivity contribution in [2.75, 3.05) is 11.8 Å². The molecule has 0 fully saturated rings. The second-order valence-corrected chi connectivity index (χ2v) is 5.21. The molecule has 0 radical (unpaired) electrons. The third-order valence-corrected chi connectivity index (χ3v) is 3.78. The van der Waals surface area contributed by atoms with Crippen molar-refractivity contribution in [1.29, 1.82) is 0 Å². The van der Waals surface area contributed by atoms with Crippen LogP contribution in [-0.2, 0) is 16.0 Å². The van der Waals surface area contributed by atoms with Crippen molar-refractivity contribution >= 4 is 33.6 Å². The van der Waals surface area contributed by atoms with E-state index in [0.717, 1.165) is 11.1 Å². The van der Waals surface area contributed by atoms with Crippen LogP contribution in [0.25, 0.3) is 11.1 Å². The molecule has 0 bridgehead atoms. The van der Waals surface area contributed by atoms with Crippen LogP contribution in [0, 0.1) is 0 Å². The number of anilines is 1. The summed E-state index contributed by atoms with van der Waals surface area (Å²) in [4.78, 5) is 11.5. The summed E-state index contributed by atoms with van der Waals surface area (Å²) in [7, 11) is 1.32. The van der Waals surface area contributed by atoms with Gasteiger partial charge in [-0.25, -0.2) is 9.00 Å². The fourth-order valence-corrected chi connectivity index (χ4v) is 2.95. The molecule has 0 aliphatic heterocycles. The van der Waals surface area contributed by atoms with Crippen LogP contribution in [0.3, 0.4) is 0 Å². The molecule has 2 N–H and O–H groups in total. The monoisotopic (exact) mass is 297 g/mol. The van der Waals surface area contributed by atoms with Crippen LogP contribution in [0.5, 0.6) is 0 Å². The molecule has 1 unspecified atom stereocenters. The summed E-state index contributed by atoms with van der Waals surface area (Å²) < 4.78 is 26.8. The molecule has 0 amide bonds. The minimum Gasteiger partial charge on any atom is -0.465 e. The highest BCUT2D eigenvalue weighted by Gasteiger charge is 2.11. The number of methoxy groups -OCH3 is 1. The lowest BCUT2D eigenvalue weighted by Crippen LogP contribution is -2.02. The van der Waals surface area contributed by atoms with Gasteiger partial charge < -0.3 is 4.74 Å². The summed E-state index contributed by atoms with van der Waals surface area (Å²) >= 11 is -0.814. The number of esters is 1. The van der Waals surface area contributed by atoms with Gasteiger partial charge in [0.1, 0.15) is 5.00 Å². The van der Waals surface area contributed by atoms with E-state index in [2.05, 4.69) is 9.46 Å². The predicted molar refractivity (Wildman–Crippen MR) is 75.5 cm³/mol. The van der Waals surface area contributed by atoms with Crippen LogP contribution in [-0.4, -0.2) is 21.8 Å². The van der Waals surface area contributed by atoms with Gasteiger partial charge in [0.25, 0.3) is 11.3 Å². The molecule has 19 heavy (non-hydrogen) atoms. The molecule has 2 rings (SSSR count). The zero-order valence-electron chi connectivity index (χ0n) is 9.95. The van der Waals surface area contributed by atoms with Crippen molar-refractivity contribution in [2.24, 2.45) is 0 Å². The minimum atomic E-state index is -2.13. The predicted octanol–water partition coefficient (Wildman–Crippen LogP) is 2.75. The number of carbonyl (C=O) groups excluding carboxylic acids is 1. The number of carbonyl (C=O) groups is 1. The number of rotatable bonds is 4. The van der Waals surface area contributed by atoms with Gasteiger partial charge in [-0.15, -0.1) is 11.3 Å². The molecule has 0 saturated carbocycles. The van der Waals surface area contributed by atoms with Gasteiger partial charge in [0.2, 0.25) is 0 Å². The molecule has 1 aromatic carbocycles. The Bertz CT molecular complexity index is 624. The van der Waals surface area contributed by atoms with Crippen molar-refractivity contribution < 1.29 is 18.3 Å². The van der Waals surface area contributed by atoms with Gasteiger partial charge in [0.15, 0.2) is 0 Å². The lowest BCUT2D eigenvalue weighted by atomic mass is 10.1.